The zero-order valence-electron chi connectivity index (χ0n) is 18.7. The summed E-state index contributed by atoms with van der Waals surface area (Å²) in [5.74, 6) is -2.23. The zero-order chi connectivity index (χ0) is 24.2. The average Bonchev–Trinajstić information content (AvgIpc) is 3.11. The van der Waals surface area contributed by atoms with Gasteiger partial charge in [-0.15, -0.1) is 0 Å². The lowest BCUT2D eigenvalue weighted by molar-refractivity contribution is -0.145. The number of ether oxygens (including phenoxy) is 3. The second-order valence-electron chi connectivity index (χ2n) is 8.00. The molecule has 9 nitrogen and oxygen atoms in total. The topological polar surface area (TPSA) is 134 Å². The van der Waals surface area contributed by atoms with E-state index in [0.717, 1.165) is 11.1 Å². The molecule has 0 heterocycles. The molecule has 0 unspecified atom stereocenters. The Bertz CT molecular complexity index is 1070. The quantitative estimate of drug-likeness (QED) is 0.471. The van der Waals surface area contributed by atoms with Crippen molar-refractivity contribution in [3.8, 4) is 11.5 Å². The number of esters is 3. The van der Waals surface area contributed by atoms with Gasteiger partial charge in [-0.05, 0) is 41.7 Å². The first-order chi connectivity index (χ1) is 15.6. The molecular formula is C24H26N2O7. The van der Waals surface area contributed by atoms with Crippen molar-refractivity contribution >= 4 is 23.8 Å². The molecule has 0 saturated heterocycles. The molecule has 3 rings (SSSR count). The minimum absolute atomic E-state index is 0.0201. The Morgan fingerprint density at radius 1 is 0.970 bits per heavy atom. The summed E-state index contributed by atoms with van der Waals surface area (Å²) in [4.78, 5) is 48.3. The summed E-state index contributed by atoms with van der Waals surface area (Å²) in [5.41, 5.74) is 7.76. The number of nitrogens with two attached hydrogens (primary N) is 1. The minimum atomic E-state index is -1.18. The summed E-state index contributed by atoms with van der Waals surface area (Å²) in [7, 11) is 1.22. The lowest BCUT2D eigenvalue weighted by Crippen LogP contribution is -2.58. The van der Waals surface area contributed by atoms with Gasteiger partial charge < -0.3 is 25.3 Å². The smallest absolute Gasteiger partial charge is 0.328 e. The summed E-state index contributed by atoms with van der Waals surface area (Å²) in [5, 5.41) is 2.71. The predicted molar refractivity (Wildman–Crippen MR) is 117 cm³/mol. The highest BCUT2D eigenvalue weighted by atomic mass is 16.6. The van der Waals surface area contributed by atoms with Crippen molar-refractivity contribution < 1.29 is 33.4 Å². The summed E-state index contributed by atoms with van der Waals surface area (Å²) in [6.45, 7) is 2.43. The molecule has 0 aromatic heterocycles. The maximum absolute atomic E-state index is 13.1. The van der Waals surface area contributed by atoms with Gasteiger partial charge in [0.1, 0.15) is 11.6 Å². The number of fused-ring (bicyclic) bond motifs is 1. The van der Waals surface area contributed by atoms with E-state index in [1.165, 1.54) is 33.1 Å². The van der Waals surface area contributed by atoms with Gasteiger partial charge in [0.2, 0.25) is 5.91 Å². The van der Waals surface area contributed by atoms with Crippen molar-refractivity contribution in [3.63, 3.8) is 0 Å². The SMILES string of the molecule is COC(=O)[C@H](Cc1ccc(OC(C)=O)c(OC(C)=O)c1)NC(=O)C1(N)Cc2ccccc2C1. The first-order valence-corrected chi connectivity index (χ1v) is 10.4. The van der Waals surface area contributed by atoms with Crippen LogP contribution in [0.5, 0.6) is 11.5 Å². The van der Waals surface area contributed by atoms with Crippen molar-refractivity contribution in [2.45, 2.75) is 44.7 Å². The molecule has 1 aliphatic rings. The molecule has 1 amide bonds. The van der Waals surface area contributed by atoms with Crippen LogP contribution in [0.1, 0.15) is 30.5 Å². The van der Waals surface area contributed by atoms with E-state index in [1.54, 1.807) is 6.07 Å². The number of nitrogens with one attached hydrogen (secondary N) is 1. The highest BCUT2D eigenvalue weighted by molar-refractivity contribution is 5.92. The number of amides is 1. The van der Waals surface area contributed by atoms with Crippen LogP contribution in [-0.4, -0.2) is 42.5 Å². The van der Waals surface area contributed by atoms with E-state index >= 15 is 0 Å². The Morgan fingerprint density at radius 2 is 1.55 bits per heavy atom. The maximum Gasteiger partial charge on any atom is 0.328 e. The molecule has 0 spiro atoms. The number of methoxy groups -OCH3 is 1. The predicted octanol–water partition coefficient (Wildman–Crippen LogP) is 1.23. The first-order valence-electron chi connectivity index (χ1n) is 10.4. The summed E-state index contributed by atoms with van der Waals surface area (Å²) in [6, 6.07) is 11.1. The number of carbonyl (C=O) groups is 4. The van der Waals surface area contributed by atoms with Gasteiger partial charge in [0.05, 0.1) is 7.11 Å². The molecule has 2 aromatic rings. The highest BCUT2D eigenvalue weighted by Crippen LogP contribution is 2.30. The third kappa shape index (κ3) is 5.75. The van der Waals surface area contributed by atoms with Crippen LogP contribution >= 0.6 is 0 Å². The van der Waals surface area contributed by atoms with Crippen LogP contribution < -0.4 is 20.5 Å². The Hall–Kier alpha value is -3.72. The molecule has 1 aliphatic carbocycles. The molecule has 0 saturated carbocycles. The van der Waals surface area contributed by atoms with Crippen LogP contribution in [-0.2, 0) is 43.2 Å². The fraction of sp³-hybridized carbons (Fsp3) is 0.333. The molecule has 1 atom stereocenters. The standard InChI is InChI=1S/C24H26N2O7/c1-14(27)32-20-9-8-16(11-21(20)33-15(2)28)10-19(22(29)31-3)26-23(30)24(25)12-17-6-4-5-7-18(17)13-24/h4-9,11,19H,10,12-13,25H2,1-3H3,(H,26,30)/t19-/m0/s1. The van der Waals surface area contributed by atoms with Gasteiger partial charge in [0, 0.05) is 20.3 Å². The molecule has 2 aromatic carbocycles. The molecular weight excluding hydrogens is 428 g/mol. The Kier molecular flexibility index (Phi) is 7.13. The fourth-order valence-electron chi connectivity index (χ4n) is 3.83. The average molecular weight is 454 g/mol. The van der Waals surface area contributed by atoms with Gasteiger partial charge in [0.25, 0.3) is 0 Å². The van der Waals surface area contributed by atoms with Gasteiger partial charge in [-0.3, -0.25) is 14.4 Å². The van der Waals surface area contributed by atoms with Crippen molar-refractivity contribution in [3.05, 3.63) is 59.2 Å². The zero-order valence-corrected chi connectivity index (χ0v) is 18.7. The summed E-state index contributed by atoms with van der Waals surface area (Å²) in [6.07, 6.45) is 0.753. The number of rotatable bonds is 7. The van der Waals surface area contributed by atoms with Gasteiger partial charge >= 0.3 is 17.9 Å². The van der Waals surface area contributed by atoms with Gasteiger partial charge in [-0.1, -0.05) is 30.3 Å². The van der Waals surface area contributed by atoms with Crippen molar-refractivity contribution in [1.29, 1.82) is 0 Å². The van der Waals surface area contributed by atoms with Crippen molar-refractivity contribution in [1.82, 2.24) is 5.32 Å². The van der Waals surface area contributed by atoms with Crippen LogP contribution in [0, 0.1) is 0 Å². The molecule has 0 fully saturated rings. The maximum atomic E-state index is 13.1. The normalized spacial score (nSPS) is 14.5. The van der Waals surface area contributed by atoms with E-state index in [4.69, 9.17) is 19.9 Å². The highest BCUT2D eigenvalue weighted by Gasteiger charge is 2.41. The number of hydrogen-bond acceptors (Lipinski definition) is 8. The Balaban J connectivity index is 1.80. The second kappa shape index (κ2) is 9.83. The van der Waals surface area contributed by atoms with E-state index in [2.05, 4.69) is 5.32 Å². The Morgan fingerprint density at radius 3 is 2.09 bits per heavy atom. The molecule has 33 heavy (non-hydrogen) atoms. The number of hydrogen-bond donors (Lipinski definition) is 2. The number of carbonyl (C=O) groups excluding carboxylic acids is 4. The summed E-state index contributed by atoms with van der Waals surface area (Å²) < 4.78 is 15.1. The monoisotopic (exact) mass is 454 g/mol. The van der Waals surface area contributed by atoms with Gasteiger partial charge in [0.15, 0.2) is 11.5 Å². The molecule has 0 aliphatic heterocycles. The Labute approximate surface area is 191 Å². The van der Waals surface area contributed by atoms with E-state index in [0.29, 0.717) is 18.4 Å². The molecule has 9 heteroatoms. The van der Waals surface area contributed by atoms with Crippen molar-refractivity contribution in [2.24, 2.45) is 5.73 Å². The van der Waals surface area contributed by atoms with Crippen LogP contribution in [0.25, 0.3) is 0 Å². The van der Waals surface area contributed by atoms with Gasteiger partial charge in [-0.25, -0.2) is 4.79 Å². The van der Waals surface area contributed by atoms with Crippen LogP contribution in [0.4, 0.5) is 0 Å². The fourth-order valence-corrected chi connectivity index (χ4v) is 3.83. The lowest BCUT2D eigenvalue weighted by atomic mass is 9.95. The van der Waals surface area contributed by atoms with Crippen LogP contribution in [0.15, 0.2) is 42.5 Å². The third-order valence-electron chi connectivity index (χ3n) is 5.33. The lowest BCUT2D eigenvalue weighted by Gasteiger charge is -2.26. The van der Waals surface area contributed by atoms with Crippen LogP contribution in [0.3, 0.4) is 0 Å². The molecule has 174 valence electrons. The first kappa shape index (κ1) is 23.9. The molecule has 3 N–H and O–H groups in total. The number of benzene rings is 2. The summed E-state index contributed by atoms with van der Waals surface area (Å²) >= 11 is 0. The van der Waals surface area contributed by atoms with Crippen molar-refractivity contribution in [2.75, 3.05) is 7.11 Å². The van der Waals surface area contributed by atoms with E-state index in [-0.39, 0.29) is 17.9 Å². The van der Waals surface area contributed by atoms with E-state index in [9.17, 15) is 19.2 Å². The largest absolute Gasteiger partial charge is 0.467 e. The van der Waals surface area contributed by atoms with E-state index in [1.807, 2.05) is 24.3 Å². The second-order valence-corrected chi connectivity index (χ2v) is 8.00. The minimum Gasteiger partial charge on any atom is -0.467 e. The molecule has 0 bridgehead atoms. The van der Waals surface area contributed by atoms with E-state index < -0.39 is 35.4 Å². The van der Waals surface area contributed by atoms with Gasteiger partial charge in [-0.2, -0.15) is 0 Å². The third-order valence-corrected chi connectivity index (χ3v) is 5.33. The molecule has 0 radical (unpaired) electrons. The van der Waals surface area contributed by atoms with Crippen LogP contribution in [0.2, 0.25) is 0 Å².